The second-order valence-electron chi connectivity index (χ2n) is 9.34. The van der Waals surface area contributed by atoms with Crippen molar-refractivity contribution in [3.05, 3.63) is 18.3 Å². The Hall–Kier alpha value is -3.16. The fourth-order valence-corrected chi connectivity index (χ4v) is 5.26. The summed E-state index contributed by atoms with van der Waals surface area (Å²) in [6.07, 6.45) is -1.98. The summed E-state index contributed by atoms with van der Waals surface area (Å²) in [5, 5.41) is 41.7. The topological polar surface area (TPSA) is 246 Å². The number of nitrogens with two attached hydrogens (primary N) is 2. The van der Waals surface area contributed by atoms with Crippen molar-refractivity contribution in [2.75, 3.05) is 30.8 Å². The minimum absolute atomic E-state index is 0.0361. The Morgan fingerprint density at radius 2 is 1.77 bits per heavy atom. The molecule has 18 heteroatoms. The van der Waals surface area contributed by atoms with E-state index >= 15 is 0 Å². The van der Waals surface area contributed by atoms with Gasteiger partial charge in [0, 0.05) is 0 Å². The summed E-state index contributed by atoms with van der Waals surface area (Å²) in [6.45, 7) is -0.659. The van der Waals surface area contributed by atoms with Crippen LogP contribution >= 0.6 is 11.6 Å². The van der Waals surface area contributed by atoms with Crippen LogP contribution in [0, 0.1) is 0 Å². The molecule has 0 radical (unpaired) electrons. The van der Waals surface area contributed by atoms with Crippen molar-refractivity contribution in [1.82, 2.24) is 29.1 Å². The summed E-state index contributed by atoms with van der Waals surface area (Å²) >= 11 is 6.39. The molecule has 3 aromatic heterocycles. The van der Waals surface area contributed by atoms with E-state index in [0.29, 0.717) is 11.5 Å². The minimum Gasteiger partial charge on any atom is -0.451 e. The lowest BCUT2D eigenvalue weighted by molar-refractivity contribution is -0.0437. The third-order valence-electron chi connectivity index (χ3n) is 6.99. The van der Waals surface area contributed by atoms with Gasteiger partial charge in [-0.2, -0.15) is 9.97 Å². The van der Waals surface area contributed by atoms with Crippen molar-refractivity contribution in [3.8, 4) is 6.01 Å². The van der Waals surface area contributed by atoms with Gasteiger partial charge < -0.3 is 51.4 Å². The maximum atomic E-state index is 10.3. The fraction of sp³-hybridized carbons (Fsp3) is 0.571. The first-order chi connectivity index (χ1) is 18.8. The summed E-state index contributed by atoms with van der Waals surface area (Å²) in [5.41, 5.74) is 13.2. The summed E-state index contributed by atoms with van der Waals surface area (Å²) < 4.78 is 20.7. The number of aliphatic imine (C=N–C) groups is 1. The van der Waals surface area contributed by atoms with Crippen LogP contribution in [0.4, 0.5) is 11.6 Å². The van der Waals surface area contributed by atoms with Gasteiger partial charge in [0.25, 0.3) is 0 Å². The summed E-state index contributed by atoms with van der Waals surface area (Å²) in [4.78, 5) is 21.7. The molecule has 9 atom stereocenters. The molecule has 0 unspecified atom stereocenters. The van der Waals surface area contributed by atoms with Gasteiger partial charge in [0.05, 0.1) is 44.8 Å². The van der Waals surface area contributed by atoms with Gasteiger partial charge in [-0.3, -0.25) is 14.1 Å². The number of aliphatic hydroxyl groups excluding tert-OH is 4. The van der Waals surface area contributed by atoms with Gasteiger partial charge in [-0.25, -0.2) is 9.97 Å². The molecule has 6 rings (SSSR count). The molecule has 3 aromatic rings. The fourth-order valence-electron chi connectivity index (χ4n) is 4.92. The number of hydrogen-bond donors (Lipinski definition) is 7. The second kappa shape index (κ2) is 10.1. The molecular weight excluding hydrogens is 540 g/mol. The monoisotopic (exact) mass is 566 g/mol. The minimum atomic E-state index is -1.09. The molecule has 0 aliphatic carbocycles. The van der Waals surface area contributed by atoms with Gasteiger partial charge in [0.2, 0.25) is 0 Å². The zero-order valence-electron chi connectivity index (χ0n) is 20.2. The Balaban J connectivity index is 1.31. The highest BCUT2D eigenvalue weighted by molar-refractivity contribution is 6.21. The average Bonchev–Trinajstić information content (AvgIpc) is 3.64. The van der Waals surface area contributed by atoms with Crippen LogP contribution in [0.15, 0.2) is 17.6 Å². The predicted molar refractivity (Wildman–Crippen MR) is 134 cm³/mol. The molecule has 6 heterocycles. The molecule has 210 valence electrons. The van der Waals surface area contributed by atoms with Crippen LogP contribution in [0.2, 0.25) is 0 Å². The Labute approximate surface area is 225 Å². The number of imidazole rings is 2. The van der Waals surface area contributed by atoms with Crippen LogP contribution < -0.4 is 21.5 Å². The van der Waals surface area contributed by atoms with Gasteiger partial charge in [0.15, 0.2) is 35.5 Å². The highest BCUT2D eigenvalue weighted by atomic mass is 35.5. The SMILES string of the molecule is Nc1nc(O[C@@H]2CN=CNc3c2ncn3[C@@H]2O[C@H](CO)[C@@H](O)[C@H]2Cl)nc2c1ncn2[C@@H]1O[C@H](CO)[C@@H](O)[C@H]1N. The van der Waals surface area contributed by atoms with Crippen molar-refractivity contribution in [2.24, 2.45) is 10.7 Å². The van der Waals surface area contributed by atoms with Crippen molar-refractivity contribution >= 4 is 40.7 Å². The van der Waals surface area contributed by atoms with Crippen LogP contribution in [0.3, 0.4) is 0 Å². The largest absolute Gasteiger partial charge is 0.451 e. The number of nitrogen functional groups attached to an aromatic ring is 1. The molecule has 9 N–H and O–H groups in total. The van der Waals surface area contributed by atoms with E-state index in [1.807, 2.05) is 0 Å². The third kappa shape index (κ3) is 4.27. The van der Waals surface area contributed by atoms with E-state index < -0.39 is 67.6 Å². The zero-order chi connectivity index (χ0) is 27.4. The predicted octanol–water partition coefficient (Wildman–Crippen LogP) is -2.39. The number of alkyl halides is 1. The van der Waals surface area contributed by atoms with Crippen LogP contribution in [0.5, 0.6) is 6.01 Å². The summed E-state index contributed by atoms with van der Waals surface area (Å²) in [6, 6.07) is -0.959. The number of halogens is 1. The first-order valence-corrected chi connectivity index (χ1v) is 12.5. The Bertz CT molecular complexity index is 1390. The average molecular weight is 567 g/mol. The first-order valence-electron chi connectivity index (χ1n) is 12.1. The van der Waals surface area contributed by atoms with Crippen molar-refractivity contribution in [2.45, 2.75) is 54.4 Å². The quantitative estimate of drug-likeness (QED) is 0.154. The standard InChI is InChI=1S/C21H27ClN10O7/c22-10-14(35)8(2-33)37-19(10)31-5-27-12-7(1-25-4-26-17(12)31)39-21-29-16(24)13-18(30-21)32(6-28-13)20-11(23)15(36)9(3-34)38-20/h4-11,14-15,19-20,33-36H,1-3,23H2,(H,25,26)(H2,24,29,30)/t7-,8-,9-,10-,11-,14-,15-,19-,20-/m1/s1. The summed E-state index contributed by atoms with van der Waals surface area (Å²) in [7, 11) is 0. The molecular formula is C21H27ClN10O7. The molecule has 3 aliphatic heterocycles. The van der Waals surface area contributed by atoms with Crippen molar-refractivity contribution in [3.63, 3.8) is 0 Å². The Morgan fingerprint density at radius 1 is 1.05 bits per heavy atom. The number of nitrogens with zero attached hydrogens (tertiary/aromatic N) is 7. The molecule has 0 spiro atoms. The van der Waals surface area contributed by atoms with E-state index in [2.05, 4.69) is 30.2 Å². The third-order valence-corrected chi connectivity index (χ3v) is 7.46. The van der Waals surface area contributed by atoms with Crippen LogP contribution in [-0.2, 0) is 9.47 Å². The number of hydrogen-bond acceptors (Lipinski definition) is 15. The first kappa shape index (κ1) is 26.1. The van der Waals surface area contributed by atoms with E-state index in [1.54, 1.807) is 4.57 Å². The van der Waals surface area contributed by atoms with Crippen LogP contribution in [0.25, 0.3) is 11.2 Å². The lowest BCUT2D eigenvalue weighted by atomic mass is 10.1. The molecule has 0 amide bonds. The number of ether oxygens (including phenoxy) is 3. The maximum Gasteiger partial charge on any atom is 0.321 e. The van der Waals surface area contributed by atoms with Gasteiger partial charge in [-0.05, 0) is 0 Å². The number of rotatable bonds is 6. The number of anilines is 2. The van der Waals surface area contributed by atoms with Crippen molar-refractivity contribution < 1.29 is 34.6 Å². The van der Waals surface area contributed by atoms with Crippen molar-refractivity contribution in [1.29, 1.82) is 0 Å². The molecule has 17 nitrogen and oxygen atoms in total. The number of aromatic nitrogens is 6. The normalized spacial score (nSPS) is 34.3. The van der Waals surface area contributed by atoms with Gasteiger partial charge in [0.1, 0.15) is 41.3 Å². The number of nitrogens with one attached hydrogen (secondary N) is 1. The zero-order valence-corrected chi connectivity index (χ0v) is 21.0. The molecule has 0 aromatic carbocycles. The maximum absolute atomic E-state index is 10.3. The lowest BCUT2D eigenvalue weighted by Crippen LogP contribution is -2.39. The Kier molecular flexibility index (Phi) is 6.76. The molecule has 2 fully saturated rings. The smallest absolute Gasteiger partial charge is 0.321 e. The van der Waals surface area contributed by atoms with E-state index in [-0.39, 0.29) is 29.5 Å². The van der Waals surface area contributed by atoms with Gasteiger partial charge in [-0.1, -0.05) is 0 Å². The summed E-state index contributed by atoms with van der Waals surface area (Å²) in [5.74, 6) is 0.491. The number of aliphatic hydroxyl groups is 4. The van der Waals surface area contributed by atoms with E-state index in [1.165, 1.54) is 23.6 Å². The molecule has 0 saturated carbocycles. The molecule has 0 bridgehead atoms. The molecule has 3 aliphatic rings. The molecule has 39 heavy (non-hydrogen) atoms. The molecule has 2 saturated heterocycles. The van der Waals surface area contributed by atoms with Gasteiger partial charge >= 0.3 is 6.01 Å². The number of fused-ring (bicyclic) bond motifs is 2. The van der Waals surface area contributed by atoms with Crippen LogP contribution in [-0.4, -0.2) is 111 Å². The van der Waals surface area contributed by atoms with Crippen LogP contribution in [0.1, 0.15) is 24.3 Å². The van der Waals surface area contributed by atoms with E-state index in [0.717, 1.165) is 0 Å². The van der Waals surface area contributed by atoms with Gasteiger partial charge in [-0.15, -0.1) is 11.6 Å². The second-order valence-corrected chi connectivity index (χ2v) is 9.85. The lowest BCUT2D eigenvalue weighted by Gasteiger charge is -2.20. The highest BCUT2D eigenvalue weighted by Crippen LogP contribution is 2.38. The Morgan fingerprint density at radius 3 is 2.49 bits per heavy atom. The van der Waals surface area contributed by atoms with E-state index in [9.17, 15) is 20.4 Å². The highest BCUT2D eigenvalue weighted by Gasteiger charge is 2.45. The van der Waals surface area contributed by atoms with E-state index in [4.69, 9.17) is 37.3 Å².